The van der Waals surface area contributed by atoms with E-state index in [1.807, 2.05) is 26.0 Å². The van der Waals surface area contributed by atoms with Gasteiger partial charge in [0, 0.05) is 13.5 Å². The molecule has 0 fully saturated rings. The summed E-state index contributed by atoms with van der Waals surface area (Å²) in [6.45, 7) is 4.72. The Bertz CT molecular complexity index is 426. The first-order chi connectivity index (χ1) is 9.02. The van der Waals surface area contributed by atoms with Crippen molar-refractivity contribution in [3.8, 4) is 5.75 Å². The van der Waals surface area contributed by atoms with E-state index in [1.54, 1.807) is 7.11 Å². The van der Waals surface area contributed by atoms with Gasteiger partial charge in [-0.25, -0.2) is 0 Å². The predicted molar refractivity (Wildman–Crippen MR) is 75.5 cm³/mol. The molecule has 0 bridgehead atoms. The molecule has 1 aromatic carbocycles. The highest BCUT2D eigenvalue weighted by Crippen LogP contribution is 2.32. The van der Waals surface area contributed by atoms with Crippen LogP contribution in [0.15, 0.2) is 18.2 Å². The van der Waals surface area contributed by atoms with Crippen LogP contribution in [-0.4, -0.2) is 24.4 Å². The second kappa shape index (κ2) is 5.93. The Morgan fingerprint density at radius 1 is 1.37 bits per heavy atom. The van der Waals surface area contributed by atoms with Crippen molar-refractivity contribution in [3.05, 3.63) is 29.3 Å². The van der Waals surface area contributed by atoms with Gasteiger partial charge in [0.1, 0.15) is 5.75 Å². The molecule has 0 radical (unpaired) electrons. The number of hydrogen-bond donors (Lipinski definition) is 1. The second-order valence-corrected chi connectivity index (χ2v) is 5.83. The Morgan fingerprint density at radius 3 is 2.89 bits per heavy atom. The van der Waals surface area contributed by atoms with E-state index in [4.69, 9.17) is 9.47 Å². The number of methoxy groups -OCH3 is 1. The molecule has 0 spiro atoms. The van der Waals surface area contributed by atoms with Crippen molar-refractivity contribution in [1.29, 1.82) is 0 Å². The molecule has 0 saturated carbocycles. The summed E-state index contributed by atoms with van der Waals surface area (Å²) in [7, 11) is 1.72. The van der Waals surface area contributed by atoms with Crippen LogP contribution < -0.4 is 4.74 Å². The highest BCUT2D eigenvalue weighted by molar-refractivity contribution is 5.38. The Morgan fingerprint density at radius 2 is 2.16 bits per heavy atom. The number of rotatable bonds is 5. The Hall–Kier alpha value is -1.06. The lowest BCUT2D eigenvalue weighted by Crippen LogP contribution is -2.25. The molecular weight excluding hydrogens is 240 g/mol. The van der Waals surface area contributed by atoms with E-state index in [-0.39, 0.29) is 11.7 Å². The quantitative estimate of drug-likeness (QED) is 0.887. The molecule has 1 aliphatic rings. The molecule has 0 aromatic heterocycles. The monoisotopic (exact) mass is 264 g/mol. The minimum absolute atomic E-state index is 0.159. The summed E-state index contributed by atoms with van der Waals surface area (Å²) < 4.78 is 11.1. The zero-order valence-electron chi connectivity index (χ0n) is 12.1. The minimum atomic E-state index is -0.331. The maximum Gasteiger partial charge on any atom is 0.119 e. The van der Waals surface area contributed by atoms with Gasteiger partial charge >= 0.3 is 0 Å². The molecule has 0 saturated heterocycles. The molecule has 1 N–H and O–H groups in total. The van der Waals surface area contributed by atoms with Crippen LogP contribution in [0.25, 0.3) is 0 Å². The third kappa shape index (κ3) is 3.71. The second-order valence-electron chi connectivity index (χ2n) is 5.83. The van der Waals surface area contributed by atoms with Crippen molar-refractivity contribution in [2.45, 2.75) is 51.2 Å². The third-order valence-electron chi connectivity index (χ3n) is 3.93. The number of benzene rings is 1. The number of hydrogen-bond acceptors (Lipinski definition) is 3. The first-order valence-electron chi connectivity index (χ1n) is 7.01. The van der Waals surface area contributed by atoms with Crippen LogP contribution in [0.5, 0.6) is 5.75 Å². The third-order valence-corrected chi connectivity index (χ3v) is 3.93. The maximum atomic E-state index is 10.0. The summed E-state index contributed by atoms with van der Waals surface area (Å²) in [4.78, 5) is 0. The molecule has 2 rings (SSSR count). The lowest BCUT2D eigenvalue weighted by molar-refractivity contribution is 0.00542. The lowest BCUT2D eigenvalue weighted by Gasteiger charge is -2.24. The van der Waals surface area contributed by atoms with Crippen LogP contribution in [0, 0.1) is 0 Å². The highest BCUT2D eigenvalue weighted by atomic mass is 16.5. The molecule has 1 aliphatic carbocycles. The summed E-state index contributed by atoms with van der Waals surface area (Å²) in [5.74, 6) is 0.839. The SMILES string of the molecule is COC(C)(C)CCOc1ccc2c(c1)C(O)CCC2. The number of ether oxygens (including phenoxy) is 2. The van der Waals surface area contributed by atoms with Gasteiger partial charge in [0.2, 0.25) is 0 Å². The first kappa shape index (κ1) is 14.4. The Balaban J connectivity index is 1.97. The smallest absolute Gasteiger partial charge is 0.119 e. The zero-order chi connectivity index (χ0) is 13.9. The van der Waals surface area contributed by atoms with Crippen LogP contribution in [0.4, 0.5) is 0 Å². The molecule has 1 atom stereocenters. The van der Waals surface area contributed by atoms with E-state index in [9.17, 15) is 5.11 Å². The lowest BCUT2D eigenvalue weighted by atomic mass is 9.89. The Kier molecular flexibility index (Phi) is 4.48. The molecule has 0 heterocycles. The van der Waals surface area contributed by atoms with Crippen molar-refractivity contribution < 1.29 is 14.6 Å². The van der Waals surface area contributed by atoms with Crippen molar-refractivity contribution in [3.63, 3.8) is 0 Å². The van der Waals surface area contributed by atoms with Gasteiger partial charge in [-0.2, -0.15) is 0 Å². The number of aryl methyl sites for hydroxylation is 1. The van der Waals surface area contributed by atoms with E-state index in [0.29, 0.717) is 6.61 Å². The van der Waals surface area contributed by atoms with Gasteiger partial charge in [0.25, 0.3) is 0 Å². The molecule has 0 aliphatic heterocycles. The Labute approximate surface area is 115 Å². The largest absolute Gasteiger partial charge is 0.493 e. The minimum Gasteiger partial charge on any atom is -0.493 e. The summed E-state index contributed by atoms with van der Waals surface area (Å²) in [6, 6.07) is 6.06. The van der Waals surface area contributed by atoms with E-state index < -0.39 is 0 Å². The molecular formula is C16H24O3. The molecule has 1 unspecified atom stereocenters. The van der Waals surface area contributed by atoms with Gasteiger partial charge in [-0.05, 0) is 56.4 Å². The molecule has 1 aromatic rings. The number of fused-ring (bicyclic) bond motifs is 1. The molecule has 3 nitrogen and oxygen atoms in total. The van der Waals surface area contributed by atoms with Crippen LogP contribution in [0.2, 0.25) is 0 Å². The molecule has 19 heavy (non-hydrogen) atoms. The van der Waals surface area contributed by atoms with E-state index in [2.05, 4.69) is 6.07 Å². The molecule has 3 heteroatoms. The van der Waals surface area contributed by atoms with Crippen LogP contribution in [0.3, 0.4) is 0 Å². The summed E-state index contributed by atoms with van der Waals surface area (Å²) >= 11 is 0. The maximum absolute atomic E-state index is 10.0. The number of aliphatic hydroxyl groups is 1. The van der Waals surface area contributed by atoms with Gasteiger partial charge in [-0.15, -0.1) is 0 Å². The van der Waals surface area contributed by atoms with Crippen LogP contribution in [-0.2, 0) is 11.2 Å². The highest BCUT2D eigenvalue weighted by Gasteiger charge is 2.19. The normalized spacial score (nSPS) is 19.1. The fraction of sp³-hybridized carbons (Fsp3) is 0.625. The van der Waals surface area contributed by atoms with E-state index in [1.165, 1.54) is 5.56 Å². The first-order valence-corrected chi connectivity index (χ1v) is 7.01. The standard InChI is InChI=1S/C16H24O3/c1-16(2,18-3)9-10-19-13-8-7-12-5-4-6-15(17)14(12)11-13/h7-8,11,15,17H,4-6,9-10H2,1-3H3. The fourth-order valence-electron chi connectivity index (χ4n) is 2.36. The van der Waals surface area contributed by atoms with Gasteiger partial charge in [-0.1, -0.05) is 6.07 Å². The van der Waals surface area contributed by atoms with Crippen molar-refractivity contribution >= 4 is 0 Å². The van der Waals surface area contributed by atoms with E-state index >= 15 is 0 Å². The molecule has 106 valence electrons. The summed E-state index contributed by atoms with van der Waals surface area (Å²) in [6.07, 6.45) is 3.48. The zero-order valence-corrected chi connectivity index (χ0v) is 12.1. The van der Waals surface area contributed by atoms with Gasteiger partial charge in [-0.3, -0.25) is 0 Å². The van der Waals surface area contributed by atoms with Gasteiger partial charge in [0.15, 0.2) is 0 Å². The van der Waals surface area contributed by atoms with Crippen LogP contribution >= 0.6 is 0 Å². The van der Waals surface area contributed by atoms with Crippen molar-refractivity contribution in [1.82, 2.24) is 0 Å². The van der Waals surface area contributed by atoms with Gasteiger partial charge < -0.3 is 14.6 Å². The average molecular weight is 264 g/mol. The van der Waals surface area contributed by atoms with Crippen molar-refractivity contribution in [2.24, 2.45) is 0 Å². The fourth-order valence-corrected chi connectivity index (χ4v) is 2.36. The number of aliphatic hydroxyl groups excluding tert-OH is 1. The van der Waals surface area contributed by atoms with E-state index in [0.717, 1.165) is 37.0 Å². The summed E-state index contributed by atoms with van der Waals surface area (Å²) in [5.41, 5.74) is 2.13. The predicted octanol–water partition coefficient (Wildman–Crippen LogP) is 3.25. The topological polar surface area (TPSA) is 38.7 Å². The average Bonchev–Trinajstić information content (AvgIpc) is 2.39. The molecule has 0 amide bonds. The summed E-state index contributed by atoms with van der Waals surface area (Å²) in [5, 5.41) is 10.0. The van der Waals surface area contributed by atoms with Gasteiger partial charge in [0.05, 0.1) is 18.3 Å². The van der Waals surface area contributed by atoms with Crippen LogP contribution in [0.1, 0.15) is 50.3 Å². The van der Waals surface area contributed by atoms with Crippen molar-refractivity contribution in [2.75, 3.05) is 13.7 Å².